The molecule has 0 radical (unpaired) electrons. The Hall–Kier alpha value is -7.02. The smallest absolute Gasteiger partial charge is 0.410 e. The lowest BCUT2D eigenvalue weighted by atomic mass is 10.1. The van der Waals surface area contributed by atoms with Crippen molar-refractivity contribution >= 4 is 24.2 Å². The number of aliphatic hydroxyl groups is 1. The van der Waals surface area contributed by atoms with Gasteiger partial charge in [0, 0.05) is 63.5 Å². The maximum Gasteiger partial charge on any atom is 0.410 e. The molecule has 4 aromatic rings. The standard InChI is InChI=1S/C24H30N2O4.C15H15NO2.C12H20N4O2.C9H17NO3/c1-24(2,3)30-23(27)26-10-9-19(26)16-29-21-11-17(13-25-14-21)22-12-18(22)15-28-20-7-5-4-6-8-20;17-13-6-11(8-16-9-13)15-7-12(15)10-18-14-4-2-1-3-5-14;17-11(15-7-3-1-4-8-15)13-14-12(18)16-9-5-2-6-10-16;1-9(2,3)13-8(12)10-5-4-7(10)6-11/h4-8,11,13-14,18-19,22H,9-10,12,15-16H2,1-3H3;1-6,8-9,12,15,17H,7,10H2;1-10H2;7,11H,4-6H2,1-3H3/t18-,19+,22-;12-,15-;;7-/m11.0/s1. The summed E-state index contributed by atoms with van der Waals surface area (Å²) in [7, 11) is 0. The Kier molecular flexibility index (Phi) is 21.7. The van der Waals surface area contributed by atoms with Crippen LogP contribution in [0.4, 0.5) is 19.2 Å². The Labute approximate surface area is 465 Å². The van der Waals surface area contributed by atoms with Gasteiger partial charge in [0.1, 0.15) is 40.8 Å². The van der Waals surface area contributed by atoms with Crippen LogP contribution in [0.3, 0.4) is 0 Å². The number of carbonyl (C=O) groups is 4. The summed E-state index contributed by atoms with van der Waals surface area (Å²) in [5.41, 5.74) is 1.36. The molecule has 4 saturated heterocycles. The zero-order valence-corrected chi connectivity index (χ0v) is 47.0. The number of carbonyl (C=O) groups excluding carboxylic acids is 4. The first-order valence-electron chi connectivity index (χ1n) is 28.1. The minimum Gasteiger partial charge on any atom is -0.506 e. The molecule has 19 nitrogen and oxygen atoms in total. The van der Waals surface area contributed by atoms with E-state index in [2.05, 4.69) is 26.3 Å². The Morgan fingerprint density at radius 1 is 0.544 bits per heavy atom. The summed E-state index contributed by atoms with van der Waals surface area (Å²) in [4.78, 5) is 62.0. The van der Waals surface area contributed by atoms with Crippen molar-refractivity contribution in [3.05, 3.63) is 109 Å². The van der Waals surface area contributed by atoms with E-state index >= 15 is 0 Å². The molecule has 6 heterocycles. The predicted molar refractivity (Wildman–Crippen MR) is 297 cm³/mol. The lowest BCUT2D eigenvalue weighted by molar-refractivity contribution is -0.0168. The highest BCUT2D eigenvalue weighted by atomic mass is 16.6. The van der Waals surface area contributed by atoms with Crippen molar-refractivity contribution in [2.75, 3.05) is 65.7 Å². The number of hydrogen-bond acceptors (Lipinski definition) is 13. The van der Waals surface area contributed by atoms with Crippen molar-refractivity contribution in [2.45, 2.75) is 141 Å². The van der Waals surface area contributed by atoms with E-state index in [-0.39, 0.29) is 48.7 Å². The van der Waals surface area contributed by atoms with Crippen LogP contribution in [-0.4, -0.2) is 153 Å². The summed E-state index contributed by atoms with van der Waals surface area (Å²) >= 11 is 0. The third kappa shape index (κ3) is 19.7. The van der Waals surface area contributed by atoms with Gasteiger partial charge in [-0.05, 0) is 165 Å². The summed E-state index contributed by atoms with van der Waals surface area (Å²) in [6.07, 6.45) is 16.7. The van der Waals surface area contributed by atoms with Gasteiger partial charge in [0.05, 0.1) is 44.3 Å². The lowest BCUT2D eigenvalue weighted by Gasteiger charge is -2.40. The number of urea groups is 2. The van der Waals surface area contributed by atoms with Crippen LogP contribution in [0.1, 0.15) is 129 Å². The molecule has 6 fully saturated rings. The number of rotatable bonds is 12. The molecular formula is C60H82N8O11. The van der Waals surface area contributed by atoms with E-state index in [0.717, 1.165) is 120 Å². The SMILES string of the molecule is CC(C)(C)OC(=O)N1CC[C@H]1CO.CC(C)(C)OC(=O)N1CC[C@H]1COc1cncc([C@H]2C[C@@H]2COc2ccccc2)c1.O=C(N=NC(=O)N1CCCCC1)N1CCCCC1.Oc1cncc([C@H]2C[C@@H]2COc2ccccc2)c1. The zero-order valence-electron chi connectivity index (χ0n) is 47.0. The van der Waals surface area contributed by atoms with Crippen molar-refractivity contribution in [1.82, 2.24) is 29.6 Å². The lowest BCUT2D eigenvalue weighted by Crippen LogP contribution is -2.55. The second-order valence-corrected chi connectivity index (χ2v) is 23.0. The third-order valence-corrected chi connectivity index (χ3v) is 14.3. The third-order valence-electron chi connectivity index (χ3n) is 14.3. The number of likely N-dealkylation sites (tertiary alicyclic amines) is 4. The largest absolute Gasteiger partial charge is 0.506 e. The average Bonchev–Trinajstić information content (AvgIpc) is 4.38. The van der Waals surface area contributed by atoms with Crippen molar-refractivity contribution in [3.63, 3.8) is 0 Å². The van der Waals surface area contributed by atoms with Gasteiger partial charge in [-0.3, -0.25) is 9.97 Å². The Morgan fingerprint density at radius 3 is 1.39 bits per heavy atom. The maximum absolute atomic E-state index is 12.2. The first-order valence-corrected chi connectivity index (χ1v) is 28.1. The molecule has 2 N–H and O–H groups in total. The molecule has 0 unspecified atom stereocenters. The molecule has 2 aromatic heterocycles. The van der Waals surface area contributed by atoms with Crippen LogP contribution in [0, 0.1) is 11.8 Å². The van der Waals surface area contributed by atoms with Crippen molar-refractivity contribution < 1.29 is 53.1 Å². The number of aromatic nitrogens is 2. The normalized spacial score (nSPS) is 22.1. The fourth-order valence-corrected chi connectivity index (χ4v) is 9.43. The molecule has 10 rings (SSSR count). The number of azo groups is 1. The molecule has 6 atom stereocenters. The summed E-state index contributed by atoms with van der Waals surface area (Å²) < 4.78 is 28.2. The van der Waals surface area contributed by atoms with Crippen LogP contribution < -0.4 is 14.2 Å². The highest BCUT2D eigenvalue weighted by molar-refractivity contribution is 5.80. The first kappa shape index (κ1) is 59.6. The van der Waals surface area contributed by atoms with Gasteiger partial charge < -0.3 is 53.5 Å². The summed E-state index contributed by atoms with van der Waals surface area (Å²) in [5.74, 6) is 4.80. The molecule has 0 spiro atoms. The predicted octanol–water partition coefficient (Wildman–Crippen LogP) is 11.3. The van der Waals surface area contributed by atoms with Gasteiger partial charge in [0.2, 0.25) is 0 Å². The molecule has 4 aliphatic heterocycles. The van der Waals surface area contributed by atoms with E-state index in [1.165, 1.54) is 11.8 Å². The number of piperidine rings is 2. The van der Waals surface area contributed by atoms with Crippen LogP contribution in [-0.2, 0) is 9.47 Å². The quantitative estimate of drug-likeness (QED) is 0.126. The summed E-state index contributed by atoms with van der Waals surface area (Å²) in [6, 6.07) is 22.9. The first-order chi connectivity index (χ1) is 37.9. The molecule has 2 aromatic carbocycles. The van der Waals surface area contributed by atoms with Gasteiger partial charge in [-0.2, -0.15) is 0 Å². The van der Waals surface area contributed by atoms with Crippen molar-refractivity contribution in [3.8, 4) is 23.0 Å². The fourth-order valence-electron chi connectivity index (χ4n) is 9.43. The van der Waals surface area contributed by atoms with Crippen LogP contribution in [0.15, 0.2) is 108 Å². The molecule has 6 aliphatic rings. The number of pyridine rings is 2. The highest BCUT2D eigenvalue weighted by Crippen LogP contribution is 2.49. The minimum atomic E-state index is -0.485. The highest BCUT2D eigenvalue weighted by Gasteiger charge is 2.41. The van der Waals surface area contributed by atoms with E-state index in [1.54, 1.807) is 31.9 Å². The number of amides is 6. The topological polar surface area (TPSA) is 218 Å². The van der Waals surface area contributed by atoms with Crippen LogP contribution in [0.5, 0.6) is 23.0 Å². The van der Waals surface area contributed by atoms with E-state index < -0.39 is 11.2 Å². The van der Waals surface area contributed by atoms with E-state index in [4.69, 9.17) is 28.8 Å². The summed E-state index contributed by atoms with van der Waals surface area (Å²) in [5, 5.41) is 25.3. The van der Waals surface area contributed by atoms with E-state index in [1.807, 2.05) is 115 Å². The zero-order chi connectivity index (χ0) is 56.4. The number of benzene rings is 2. The second kappa shape index (κ2) is 28.7. The van der Waals surface area contributed by atoms with E-state index in [9.17, 15) is 24.3 Å². The average molecular weight is 1090 g/mol. The monoisotopic (exact) mass is 1090 g/mol. The fraction of sp³-hybridized carbons (Fsp3) is 0.567. The van der Waals surface area contributed by atoms with Gasteiger partial charge in [-0.15, -0.1) is 0 Å². The number of hydrogen-bond donors (Lipinski definition) is 2. The second-order valence-electron chi connectivity index (χ2n) is 23.0. The Bertz CT molecular complexity index is 2550. The Balaban J connectivity index is 0.000000160. The molecule has 2 aliphatic carbocycles. The maximum atomic E-state index is 12.2. The number of para-hydroxylation sites is 2. The molecular weight excluding hydrogens is 1010 g/mol. The van der Waals surface area contributed by atoms with Gasteiger partial charge >= 0.3 is 24.2 Å². The number of nitrogens with zero attached hydrogens (tertiary/aromatic N) is 8. The number of ether oxygens (including phenoxy) is 5. The van der Waals surface area contributed by atoms with Gasteiger partial charge in [-0.1, -0.05) is 46.6 Å². The summed E-state index contributed by atoms with van der Waals surface area (Å²) in [6.45, 7) is 17.4. The molecule has 79 heavy (non-hydrogen) atoms. The van der Waals surface area contributed by atoms with Gasteiger partial charge in [-0.25, -0.2) is 19.2 Å². The molecule has 428 valence electrons. The van der Waals surface area contributed by atoms with Crippen LogP contribution >= 0.6 is 0 Å². The van der Waals surface area contributed by atoms with E-state index in [0.29, 0.717) is 50.0 Å². The molecule has 6 amide bonds. The molecule has 19 heteroatoms. The van der Waals surface area contributed by atoms with Crippen molar-refractivity contribution in [2.24, 2.45) is 22.1 Å². The van der Waals surface area contributed by atoms with Crippen molar-refractivity contribution in [1.29, 1.82) is 0 Å². The number of aliphatic hydroxyl groups excluding tert-OH is 1. The molecule has 0 bridgehead atoms. The number of aromatic hydroxyl groups is 1. The minimum absolute atomic E-state index is 0.0270. The molecule has 2 saturated carbocycles. The van der Waals surface area contributed by atoms with Gasteiger partial charge in [0.15, 0.2) is 0 Å². The van der Waals surface area contributed by atoms with Crippen LogP contribution in [0.25, 0.3) is 0 Å². The van der Waals surface area contributed by atoms with Crippen LogP contribution in [0.2, 0.25) is 0 Å². The van der Waals surface area contributed by atoms with Gasteiger partial charge in [0.25, 0.3) is 0 Å². The Morgan fingerprint density at radius 2 is 0.975 bits per heavy atom.